The Morgan fingerprint density at radius 3 is 2.50 bits per heavy atom. The Labute approximate surface area is 134 Å². The number of fused-ring (bicyclic) bond motifs is 3. The highest BCUT2D eigenvalue weighted by molar-refractivity contribution is 6.52. The molecule has 0 saturated heterocycles. The van der Waals surface area contributed by atoms with Gasteiger partial charge in [0.05, 0.1) is 11.6 Å². The summed E-state index contributed by atoms with van der Waals surface area (Å²) in [6, 6.07) is 7.21. The molecule has 114 valence electrons. The van der Waals surface area contributed by atoms with Crippen LogP contribution in [-0.2, 0) is 12.4 Å². The molecule has 3 rings (SSSR count). The van der Waals surface area contributed by atoms with Crippen LogP contribution in [0.4, 0.5) is 0 Å². The summed E-state index contributed by atoms with van der Waals surface area (Å²) in [5.74, 6) is -0.139. The Morgan fingerprint density at radius 2 is 1.82 bits per heavy atom. The molecule has 0 spiro atoms. The van der Waals surface area contributed by atoms with E-state index in [1.807, 2.05) is 16.7 Å². The van der Waals surface area contributed by atoms with Crippen molar-refractivity contribution in [2.45, 2.75) is 38.6 Å². The number of hydrogen-bond acceptors (Lipinski definition) is 3. The first kappa shape index (κ1) is 15.0. The quantitative estimate of drug-likeness (QED) is 0.478. The summed E-state index contributed by atoms with van der Waals surface area (Å²) < 4.78 is 2.00. The highest BCUT2D eigenvalue weighted by Gasteiger charge is 2.35. The summed E-state index contributed by atoms with van der Waals surface area (Å²) in [6.07, 6.45) is 3.21. The Kier molecular flexibility index (Phi) is 4.12. The number of nitrogens with zero attached hydrogens (tertiary/aromatic N) is 2. The van der Waals surface area contributed by atoms with Crippen molar-refractivity contribution in [1.29, 1.82) is 0 Å². The van der Waals surface area contributed by atoms with Crippen LogP contribution in [0, 0.1) is 0 Å². The highest BCUT2D eigenvalue weighted by Crippen LogP contribution is 2.34. The van der Waals surface area contributed by atoms with E-state index >= 15 is 0 Å². The second-order valence-corrected chi connectivity index (χ2v) is 5.69. The summed E-state index contributed by atoms with van der Waals surface area (Å²) in [6.45, 7) is 2.90. The lowest BCUT2D eigenvalue weighted by molar-refractivity contribution is 0.0812. The maximum absolute atomic E-state index is 12.3. The molecule has 1 aliphatic rings. The van der Waals surface area contributed by atoms with Gasteiger partial charge in [0, 0.05) is 17.7 Å². The molecule has 5 heteroatoms. The van der Waals surface area contributed by atoms with Gasteiger partial charge in [-0.15, -0.1) is 11.6 Å². The normalized spacial score (nSPS) is 13.2. The van der Waals surface area contributed by atoms with Crippen LogP contribution in [0.3, 0.4) is 0 Å². The molecule has 0 aliphatic heterocycles. The standard InChI is InChI=1S/C17H17ClN2O2/c1-2-3-6-9-20-13(10-18)19-14-15(20)11-7-4-5-8-12(11)16(21)17(14)22/h4-5,7-8H,2-3,6,9-10H2,1H3. The van der Waals surface area contributed by atoms with Crippen LogP contribution >= 0.6 is 11.6 Å². The molecular weight excluding hydrogens is 300 g/mol. The molecule has 0 unspecified atom stereocenters. The topological polar surface area (TPSA) is 52.0 Å². The lowest BCUT2D eigenvalue weighted by Crippen LogP contribution is -2.22. The van der Waals surface area contributed by atoms with Crippen LogP contribution in [0.15, 0.2) is 24.3 Å². The van der Waals surface area contributed by atoms with E-state index in [0.717, 1.165) is 37.1 Å². The van der Waals surface area contributed by atoms with Gasteiger partial charge in [-0.1, -0.05) is 44.0 Å². The van der Waals surface area contributed by atoms with Gasteiger partial charge >= 0.3 is 0 Å². The molecule has 4 nitrogen and oxygen atoms in total. The maximum atomic E-state index is 12.3. The van der Waals surface area contributed by atoms with E-state index in [4.69, 9.17) is 11.6 Å². The molecule has 0 radical (unpaired) electrons. The fourth-order valence-corrected chi connectivity index (χ4v) is 3.11. The number of Topliss-reactive ketones (excluding diaryl/α,β-unsaturated/α-hetero) is 2. The Morgan fingerprint density at radius 1 is 1.09 bits per heavy atom. The molecule has 0 amide bonds. The van der Waals surface area contributed by atoms with Crippen molar-refractivity contribution in [3.05, 3.63) is 41.3 Å². The molecule has 1 heterocycles. The van der Waals surface area contributed by atoms with Gasteiger partial charge in [-0.25, -0.2) is 4.98 Å². The number of hydrogen-bond donors (Lipinski definition) is 0. The summed E-state index contributed by atoms with van der Waals surface area (Å²) in [5, 5.41) is 0. The second kappa shape index (κ2) is 6.05. The summed E-state index contributed by atoms with van der Waals surface area (Å²) in [5.41, 5.74) is 2.23. The summed E-state index contributed by atoms with van der Waals surface area (Å²) >= 11 is 6.00. The van der Waals surface area contributed by atoms with Crippen LogP contribution in [-0.4, -0.2) is 21.1 Å². The van der Waals surface area contributed by atoms with E-state index in [1.54, 1.807) is 12.1 Å². The third-order valence-electron chi connectivity index (χ3n) is 4.00. The molecular formula is C17H17ClN2O2. The van der Waals surface area contributed by atoms with Crippen LogP contribution in [0.25, 0.3) is 11.3 Å². The lowest BCUT2D eigenvalue weighted by Gasteiger charge is -2.17. The van der Waals surface area contributed by atoms with Gasteiger partial charge in [-0.2, -0.15) is 0 Å². The maximum Gasteiger partial charge on any atom is 0.254 e. The highest BCUT2D eigenvalue weighted by atomic mass is 35.5. The average molecular weight is 317 g/mol. The number of carbonyl (C=O) groups is 2. The largest absolute Gasteiger partial charge is 0.326 e. The number of imidazole rings is 1. The SMILES string of the molecule is CCCCCn1c(CCl)nc2c1-c1ccccc1C(=O)C2=O. The number of rotatable bonds is 5. The minimum Gasteiger partial charge on any atom is -0.326 e. The van der Waals surface area contributed by atoms with Gasteiger partial charge in [0.1, 0.15) is 11.5 Å². The first-order valence-corrected chi connectivity index (χ1v) is 8.06. The van der Waals surface area contributed by atoms with Crippen LogP contribution < -0.4 is 0 Å². The average Bonchev–Trinajstić information content (AvgIpc) is 2.92. The van der Waals surface area contributed by atoms with Crippen molar-refractivity contribution in [2.24, 2.45) is 0 Å². The van der Waals surface area contributed by atoms with E-state index in [0.29, 0.717) is 11.4 Å². The first-order valence-electron chi connectivity index (χ1n) is 7.52. The number of carbonyl (C=O) groups excluding carboxylic acids is 2. The van der Waals surface area contributed by atoms with E-state index < -0.39 is 11.6 Å². The molecule has 1 aromatic heterocycles. The van der Waals surface area contributed by atoms with Crippen LogP contribution in [0.1, 0.15) is 52.9 Å². The van der Waals surface area contributed by atoms with E-state index in [2.05, 4.69) is 11.9 Å². The number of unbranched alkanes of at least 4 members (excludes halogenated alkanes) is 2. The summed E-state index contributed by atoms with van der Waals surface area (Å²) in [4.78, 5) is 28.9. The first-order chi connectivity index (χ1) is 10.7. The molecule has 1 aromatic carbocycles. The molecule has 0 atom stereocenters. The van der Waals surface area contributed by atoms with Gasteiger partial charge < -0.3 is 4.57 Å². The number of halogens is 1. The van der Waals surface area contributed by atoms with E-state index in [-0.39, 0.29) is 11.6 Å². The zero-order valence-corrected chi connectivity index (χ0v) is 13.2. The molecule has 0 bridgehead atoms. The van der Waals surface area contributed by atoms with Gasteiger partial charge in [0.15, 0.2) is 0 Å². The third-order valence-corrected chi connectivity index (χ3v) is 4.24. The van der Waals surface area contributed by atoms with Gasteiger partial charge in [-0.3, -0.25) is 9.59 Å². The van der Waals surface area contributed by atoms with E-state index in [1.165, 1.54) is 0 Å². The number of benzene rings is 1. The zero-order valence-electron chi connectivity index (χ0n) is 12.4. The zero-order chi connectivity index (χ0) is 15.7. The number of ketones is 2. The Hall–Kier alpha value is -1.94. The summed E-state index contributed by atoms with van der Waals surface area (Å²) in [7, 11) is 0. The van der Waals surface area contributed by atoms with Gasteiger partial charge in [0.2, 0.25) is 5.78 Å². The van der Waals surface area contributed by atoms with Crippen molar-refractivity contribution >= 4 is 23.2 Å². The predicted octanol–water partition coefficient (Wildman–Crippen LogP) is 3.86. The van der Waals surface area contributed by atoms with E-state index in [9.17, 15) is 9.59 Å². The Balaban J connectivity index is 2.17. The minimum atomic E-state index is -0.533. The van der Waals surface area contributed by atoms with Crippen LogP contribution in [0.5, 0.6) is 0 Å². The number of aromatic nitrogens is 2. The minimum absolute atomic E-state index is 0.225. The fraction of sp³-hybridized carbons (Fsp3) is 0.353. The number of alkyl halides is 1. The molecule has 0 fully saturated rings. The van der Waals surface area contributed by atoms with Crippen molar-refractivity contribution in [3.8, 4) is 11.3 Å². The van der Waals surface area contributed by atoms with Gasteiger partial charge in [-0.05, 0) is 6.42 Å². The molecule has 0 N–H and O–H groups in total. The monoisotopic (exact) mass is 316 g/mol. The smallest absolute Gasteiger partial charge is 0.254 e. The van der Waals surface area contributed by atoms with Gasteiger partial charge in [0.25, 0.3) is 5.78 Å². The fourth-order valence-electron chi connectivity index (χ4n) is 2.91. The van der Waals surface area contributed by atoms with Crippen molar-refractivity contribution in [2.75, 3.05) is 0 Å². The van der Waals surface area contributed by atoms with Crippen molar-refractivity contribution < 1.29 is 9.59 Å². The molecule has 2 aromatic rings. The molecule has 22 heavy (non-hydrogen) atoms. The van der Waals surface area contributed by atoms with Crippen molar-refractivity contribution in [3.63, 3.8) is 0 Å². The second-order valence-electron chi connectivity index (χ2n) is 5.42. The Bertz CT molecular complexity index is 749. The lowest BCUT2D eigenvalue weighted by atomic mass is 9.90. The third kappa shape index (κ3) is 2.28. The van der Waals surface area contributed by atoms with Crippen LogP contribution in [0.2, 0.25) is 0 Å². The molecule has 0 saturated carbocycles. The predicted molar refractivity (Wildman–Crippen MR) is 85.4 cm³/mol. The van der Waals surface area contributed by atoms with Crippen molar-refractivity contribution in [1.82, 2.24) is 9.55 Å². The molecule has 1 aliphatic carbocycles.